The van der Waals surface area contributed by atoms with Crippen molar-refractivity contribution in [2.24, 2.45) is 0 Å². The Balaban J connectivity index is 1.68. The lowest BCUT2D eigenvalue weighted by molar-refractivity contribution is -0.113. The first-order chi connectivity index (χ1) is 12.7. The second-order valence-corrected chi connectivity index (χ2v) is 6.13. The Labute approximate surface area is 155 Å². The molecule has 1 N–H and O–H groups in total. The van der Waals surface area contributed by atoms with Crippen LogP contribution in [0.5, 0.6) is 5.75 Å². The second kappa shape index (κ2) is 8.43. The molecule has 0 unspecified atom stereocenters. The van der Waals surface area contributed by atoms with Crippen LogP contribution in [0.2, 0.25) is 0 Å². The molecule has 0 fully saturated rings. The maximum absolute atomic E-state index is 12.0. The third-order valence-corrected chi connectivity index (χ3v) is 4.50. The first-order valence-electron chi connectivity index (χ1n) is 7.98. The first-order valence-corrected chi connectivity index (χ1v) is 8.97. The van der Waals surface area contributed by atoms with Gasteiger partial charge in [-0.1, -0.05) is 11.8 Å². The first kappa shape index (κ1) is 17.9. The molecule has 3 aromatic rings. The predicted molar refractivity (Wildman–Crippen MR) is 99.1 cm³/mol. The van der Waals surface area contributed by atoms with E-state index >= 15 is 0 Å². The van der Waals surface area contributed by atoms with Crippen LogP contribution in [0.3, 0.4) is 0 Å². The van der Waals surface area contributed by atoms with Crippen molar-refractivity contribution in [2.75, 3.05) is 18.2 Å². The number of hydrogen-bond donors (Lipinski definition) is 1. The summed E-state index contributed by atoms with van der Waals surface area (Å²) in [6.07, 6.45) is 3.15. The fraction of sp³-hybridized carbons (Fsp3) is 0.235. The van der Waals surface area contributed by atoms with Crippen molar-refractivity contribution in [3.05, 3.63) is 42.7 Å². The standard InChI is InChI=1S/C17H18N6O2S/c1-3-23-15(12-5-7-13(25-2)8-6-12)21-22-17(23)26-11-14(24)20-16-18-9-4-10-19-16/h4-10H,3,11H2,1-2H3,(H,18,19,20,24). The molecule has 1 amide bonds. The van der Waals surface area contributed by atoms with Crippen LogP contribution in [0.15, 0.2) is 47.9 Å². The molecule has 134 valence electrons. The molecule has 8 nitrogen and oxygen atoms in total. The lowest BCUT2D eigenvalue weighted by Gasteiger charge is -2.08. The molecule has 26 heavy (non-hydrogen) atoms. The molecule has 2 aromatic heterocycles. The highest BCUT2D eigenvalue weighted by molar-refractivity contribution is 7.99. The Hall–Kier alpha value is -2.94. The zero-order valence-corrected chi connectivity index (χ0v) is 15.2. The van der Waals surface area contributed by atoms with Gasteiger partial charge < -0.3 is 9.30 Å². The van der Waals surface area contributed by atoms with Gasteiger partial charge in [-0.15, -0.1) is 10.2 Å². The van der Waals surface area contributed by atoms with E-state index in [4.69, 9.17) is 4.74 Å². The number of hydrogen-bond acceptors (Lipinski definition) is 7. The lowest BCUT2D eigenvalue weighted by Crippen LogP contribution is -2.16. The van der Waals surface area contributed by atoms with E-state index in [0.29, 0.717) is 11.7 Å². The zero-order chi connectivity index (χ0) is 18.4. The van der Waals surface area contributed by atoms with Gasteiger partial charge in [-0.25, -0.2) is 9.97 Å². The van der Waals surface area contributed by atoms with Crippen LogP contribution in [0.1, 0.15) is 6.92 Å². The van der Waals surface area contributed by atoms with E-state index in [1.807, 2.05) is 35.8 Å². The second-order valence-electron chi connectivity index (χ2n) is 5.19. The van der Waals surface area contributed by atoms with Crippen LogP contribution < -0.4 is 10.1 Å². The van der Waals surface area contributed by atoms with E-state index in [1.54, 1.807) is 25.6 Å². The Kier molecular flexibility index (Phi) is 5.80. The quantitative estimate of drug-likeness (QED) is 0.638. The van der Waals surface area contributed by atoms with E-state index < -0.39 is 0 Å². The summed E-state index contributed by atoms with van der Waals surface area (Å²) in [5, 5.41) is 11.8. The number of thioether (sulfide) groups is 1. The fourth-order valence-corrected chi connectivity index (χ4v) is 3.09. The molecule has 0 atom stereocenters. The smallest absolute Gasteiger partial charge is 0.237 e. The number of rotatable bonds is 7. The monoisotopic (exact) mass is 370 g/mol. The van der Waals surface area contributed by atoms with Crippen molar-refractivity contribution in [1.29, 1.82) is 0 Å². The third-order valence-electron chi connectivity index (χ3n) is 3.53. The molecule has 0 aliphatic heterocycles. The van der Waals surface area contributed by atoms with Crippen molar-refractivity contribution >= 4 is 23.6 Å². The summed E-state index contributed by atoms with van der Waals surface area (Å²) in [5.74, 6) is 1.82. The molecule has 1 aromatic carbocycles. The Bertz CT molecular complexity index is 867. The lowest BCUT2D eigenvalue weighted by atomic mass is 10.2. The SMILES string of the molecule is CCn1c(SCC(=O)Nc2ncccn2)nnc1-c1ccc(OC)cc1. The van der Waals surface area contributed by atoms with Gasteiger partial charge in [0.15, 0.2) is 11.0 Å². The summed E-state index contributed by atoms with van der Waals surface area (Å²) in [6, 6.07) is 9.31. The number of carbonyl (C=O) groups excluding carboxylic acids is 1. The Morgan fingerprint density at radius 1 is 1.19 bits per heavy atom. The van der Waals surface area contributed by atoms with Crippen molar-refractivity contribution < 1.29 is 9.53 Å². The molecule has 0 radical (unpaired) electrons. The molecule has 0 bridgehead atoms. The van der Waals surface area contributed by atoms with Gasteiger partial charge in [0.2, 0.25) is 11.9 Å². The number of benzene rings is 1. The van der Waals surface area contributed by atoms with E-state index in [0.717, 1.165) is 17.1 Å². The minimum Gasteiger partial charge on any atom is -0.497 e. The molecule has 9 heteroatoms. The summed E-state index contributed by atoms with van der Waals surface area (Å²) in [5.41, 5.74) is 0.939. The summed E-state index contributed by atoms with van der Waals surface area (Å²) in [7, 11) is 1.63. The summed E-state index contributed by atoms with van der Waals surface area (Å²) >= 11 is 1.32. The van der Waals surface area contributed by atoms with E-state index in [-0.39, 0.29) is 17.6 Å². The van der Waals surface area contributed by atoms with Crippen molar-refractivity contribution in [3.63, 3.8) is 0 Å². The number of aromatic nitrogens is 5. The minimum absolute atomic E-state index is 0.193. The number of nitrogens with zero attached hydrogens (tertiary/aromatic N) is 5. The maximum Gasteiger partial charge on any atom is 0.237 e. The summed E-state index contributed by atoms with van der Waals surface area (Å²) in [4.78, 5) is 20.0. The maximum atomic E-state index is 12.0. The summed E-state index contributed by atoms with van der Waals surface area (Å²) < 4.78 is 7.15. The van der Waals surface area contributed by atoms with Gasteiger partial charge >= 0.3 is 0 Å². The van der Waals surface area contributed by atoms with Crippen LogP contribution in [-0.4, -0.2) is 43.5 Å². The highest BCUT2D eigenvalue weighted by atomic mass is 32.2. The van der Waals surface area contributed by atoms with Crippen molar-refractivity contribution in [1.82, 2.24) is 24.7 Å². The highest BCUT2D eigenvalue weighted by Gasteiger charge is 2.15. The normalized spacial score (nSPS) is 10.5. The molecule has 3 rings (SSSR count). The number of carbonyl (C=O) groups is 1. The number of anilines is 1. The van der Waals surface area contributed by atoms with Crippen LogP contribution in [0, 0.1) is 0 Å². The molecule has 0 saturated carbocycles. The van der Waals surface area contributed by atoms with Crippen LogP contribution in [0.25, 0.3) is 11.4 Å². The van der Waals surface area contributed by atoms with Gasteiger partial charge in [-0.2, -0.15) is 0 Å². The topological polar surface area (TPSA) is 94.8 Å². The number of ether oxygens (including phenoxy) is 1. The fourth-order valence-electron chi connectivity index (χ4n) is 2.29. The van der Waals surface area contributed by atoms with E-state index in [1.165, 1.54) is 11.8 Å². The van der Waals surface area contributed by atoms with Gasteiger partial charge in [0, 0.05) is 24.5 Å². The molecule has 0 aliphatic rings. The average molecular weight is 370 g/mol. The third kappa shape index (κ3) is 4.17. The minimum atomic E-state index is -0.196. The molecule has 0 saturated heterocycles. The van der Waals surface area contributed by atoms with Gasteiger partial charge in [0.05, 0.1) is 12.9 Å². The van der Waals surface area contributed by atoms with Crippen LogP contribution in [-0.2, 0) is 11.3 Å². The van der Waals surface area contributed by atoms with Crippen molar-refractivity contribution in [3.8, 4) is 17.1 Å². The Morgan fingerprint density at radius 2 is 1.92 bits per heavy atom. The molecule has 2 heterocycles. The number of amides is 1. The molecule has 0 spiro atoms. The molecule has 0 aliphatic carbocycles. The van der Waals surface area contributed by atoms with Crippen LogP contribution in [0.4, 0.5) is 5.95 Å². The zero-order valence-electron chi connectivity index (χ0n) is 14.4. The summed E-state index contributed by atoms with van der Waals surface area (Å²) in [6.45, 7) is 2.71. The highest BCUT2D eigenvalue weighted by Crippen LogP contribution is 2.25. The van der Waals surface area contributed by atoms with Gasteiger partial charge in [-0.3, -0.25) is 10.1 Å². The number of methoxy groups -OCH3 is 1. The van der Waals surface area contributed by atoms with E-state index in [2.05, 4.69) is 25.5 Å². The van der Waals surface area contributed by atoms with Crippen LogP contribution >= 0.6 is 11.8 Å². The Morgan fingerprint density at radius 3 is 2.58 bits per heavy atom. The largest absolute Gasteiger partial charge is 0.497 e. The van der Waals surface area contributed by atoms with E-state index in [9.17, 15) is 4.79 Å². The van der Waals surface area contributed by atoms with Crippen molar-refractivity contribution in [2.45, 2.75) is 18.6 Å². The molecular weight excluding hydrogens is 352 g/mol. The van der Waals surface area contributed by atoms with Gasteiger partial charge in [0.1, 0.15) is 5.75 Å². The predicted octanol–water partition coefficient (Wildman–Crippen LogP) is 2.49. The van der Waals surface area contributed by atoms with Gasteiger partial charge in [0.25, 0.3) is 0 Å². The average Bonchev–Trinajstić information content (AvgIpc) is 3.10. The number of nitrogens with one attached hydrogen (secondary N) is 1. The van der Waals surface area contributed by atoms with Gasteiger partial charge in [-0.05, 0) is 37.3 Å². The molecular formula is C17H18N6O2S.